The Labute approximate surface area is 124 Å². The minimum atomic E-state index is -1.27. The number of rotatable bonds is 2. The predicted octanol–water partition coefficient (Wildman–Crippen LogP) is 4.79. The van der Waals surface area contributed by atoms with Gasteiger partial charge in [0.2, 0.25) is 0 Å². The van der Waals surface area contributed by atoms with Gasteiger partial charge < -0.3 is 5.11 Å². The van der Waals surface area contributed by atoms with Crippen LogP contribution in [0.3, 0.4) is 0 Å². The summed E-state index contributed by atoms with van der Waals surface area (Å²) in [6.45, 7) is 6.11. The Hall–Kier alpha value is 1.12. The maximum absolute atomic E-state index is 10.7. The van der Waals surface area contributed by atoms with Gasteiger partial charge in [-0.15, -0.1) is 11.6 Å². The molecule has 1 aliphatic carbocycles. The number of alkyl halides is 4. The standard InChI is InChI=1S/C12H20Cl4O/c1-10(2,3)11(17)4-8(6-12(14,15)16)9(5-11)7-13/h8-9,17H,4-7H2,1-3H3/t8-,9+,11+/m1/s1. The predicted molar refractivity (Wildman–Crippen MR) is 76.2 cm³/mol. The molecule has 0 spiro atoms. The van der Waals surface area contributed by atoms with Gasteiger partial charge in [0.15, 0.2) is 3.79 Å². The Morgan fingerprint density at radius 3 is 1.94 bits per heavy atom. The summed E-state index contributed by atoms with van der Waals surface area (Å²) in [6, 6.07) is 0. The van der Waals surface area contributed by atoms with Gasteiger partial charge >= 0.3 is 0 Å². The molecule has 1 fully saturated rings. The molecule has 0 amide bonds. The summed E-state index contributed by atoms with van der Waals surface area (Å²) in [6.07, 6.45) is 1.79. The van der Waals surface area contributed by atoms with Gasteiger partial charge in [-0.2, -0.15) is 0 Å². The Bertz CT molecular complexity index is 269. The monoisotopic (exact) mass is 320 g/mol. The van der Waals surface area contributed by atoms with Crippen LogP contribution in [0.25, 0.3) is 0 Å². The Morgan fingerprint density at radius 1 is 1.12 bits per heavy atom. The van der Waals surface area contributed by atoms with Gasteiger partial charge in [-0.3, -0.25) is 0 Å². The van der Waals surface area contributed by atoms with Crippen molar-refractivity contribution in [3.63, 3.8) is 0 Å². The van der Waals surface area contributed by atoms with Crippen LogP contribution in [0.1, 0.15) is 40.0 Å². The van der Waals surface area contributed by atoms with Crippen LogP contribution >= 0.6 is 46.4 Å². The molecule has 1 aliphatic rings. The number of aliphatic hydroxyl groups is 1. The molecule has 0 radical (unpaired) electrons. The lowest BCUT2D eigenvalue weighted by Crippen LogP contribution is -2.40. The van der Waals surface area contributed by atoms with Gasteiger partial charge in [-0.25, -0.2) is 0 Å². The molecule has 1 rings (SSSR count). The summed E-state index contributed by atoms with van der Waals surface area (Å²) in [7, 11) is 0. The van der Waals surface area contributed by atoms with E-state index in [-0.39, 0.29) is 17.3 Å². The summed E-state index contributed by atoms with van der Waals surface area (Å²) in [5.41, 5.74) is -0.896. The van der Waals surface area contributed by atoms with Gasteiger partial charge in [0.1, 0.15) is 0 Å². The van der Waals surface area contributed by atoms with Crippen molar-refractivity contribution in [3.05, 3.63) is 0 Å². The van der Waals surface area contributed by atoms with Gasteiger partial charge in [-0.05, 0) is 36.5 Å². The van der Waals surface area contributed by atoms with Crippen LogP contribution in [0, 0.1) is 17.3 Å². The van der Waals surface area contributed by atoms with Gasteiger partial charge in [0, 0.05) is 5.88 Å². The van der Waals surface area contributed by atoms with Crippen molar-refractivity contribution in [2.75, 3.05) is 5.88 Å². The lowest BCUT2D eigenvalue weighted by molar-refractivity contribution is -0.0563. The molecule has 0 aromatic carbocycles. The van der Waals surface area contributed by atoms with Crippen LogP contribution < -0.4 is 0 Å². The summed E-state index contributed by atoms with van der Waals surface area (Å²) in [5, 5.41) is 10.7. The largest absolute Gasteiger partial charge is 0.389 e. The molecule has 0 aliphatic heterocycles. The highest BCUT2D eigenvalue weighted by atomic mass is 35.6. The van der Waals surface area contributed by atoms with Crippen LogP contribution in [-0.4, -0.2) is 20.4 Å². The average Bonchev–Trinajstić information content (AvgIpc) is 2.39. The maximum atomic E-state index is 10.7. The fraction of sp³-hybridized carbons (Fsp3) is 1.00. The summed E-state index contributed by atoms with van der Waals surface area (Å²) in [5.74, 6) is 0.893. The van der Waals surface area contributed by atoms with E-state index < -0.39 is 9.39 Å². The van der Waals surface area contributed by atoms with Gasteiger partial charge in [0.05, 0.1) is 5.60 Å². The van der Waals surface area contributed by atoms with Crippen LogP contribution in [0.2, 0.25) is 0 Å². The second kappa shape index (κ2) is 5.25. The minimum absolute atomic E-state index is 0.171. The van der Waals surface area contributed by atoms with Crippen LogP contribution in [-0.2, 0) is 0 Å². The van der Waals surface area contributed by atoms with Crippen LogP contribution in [0.4, 0.5) is 0 Å². The van der Waals surface area contributed by atoms with Crippen molar-refractivity contribution >= 4 is 46.4 Å². The van der Waals surface area contributed by atoms with Gasteiger partial charge in [-0.1, -0.05) is 55.6 Å². The third kappa shape index (κ3) is 4.04. The van der Waals surface area contributed by atoms with Crippen molar-refractivity contribution in [3.8, 4) is 0 Å². The zero-order valence-electron chi connectivity index (χ0n) is 10.4. The van der Waals surface area contributed by atoms with Gasteiger partial charge in [0.25, 0.3) is 0 Å². The SMILES string of the molecule is CC(C)(C)[C@@]1(O)C[C@@H](CCl)[C@@H](CC(Cl)(Cl)Cl)C1. The Morgan fingerprint density at radius 2 is 1.59 bits per heavy atom. The Balaban J connectivity index is 2.82. The summed E-state index contributed by atoms with van der Waals surface area (Å²) >= 11 is 23.5. The molecule has 17 heavy (non-hydrogen) atoms. The topological polar surface area (TPSA) is 20.2 Å². The van der Waals surface area contributed by atoms with E-state index in [0.29, 0.717) is 25.1 Å². The molecular weight excluding hydrogens is 302 g/mol. The normalized spacial score (nSPS) is 35.3. The smallest absolute Gasteiger partial charge is 0.190 e. The molecule has 0 aromatic rings. The van der Waals surface area contributed by atoms with Crippen molar-refractivity contribution in [1.29, 1.82) is 0 Å². The maximum Gasteiger partial charge on any atom is 0.190 e. The first-order valence-corrected chi connectivity index (χ1v) is 7.50. The summed E-state index contributed by atoms with van der Waals surface area (Å²) in [4.78, 5) is 0. The molecule has 3 atom stereocenters. The zero-order valence-corrected chi connectivity index (χ0v) is 13.5. The molecule has 1 N–H and O–H groups in total. The molecule has 0 unspecified atom stereocenters. The molecule has 1 nitrogen and oxygen atoms in total. The van der Waals surface area contributed by atoms with E-state index in [1.807, 2.05) is 20.8 Å². The van der Waals surface area contributed by atoms with Crippen molar-refractivity contribution < 1.29 is 5.11 Å². The Kier molecular flexibility index (Phi) is 4.99. The molecule has 102 valence electrons. The van der Waals surface area contributed by atoms with Crippen molar-refractivity contribution in [1.82, 2.24) is 0 Å². The first kappa shape index (κ1) is 16.2. The van der Waals surface area contributed by atoms with E-state index in [4.69, 9.17) is 46.4 Å². The molecule has 5 heteroatoms. The lowest BCUT2D eigenvalue weighted by atomic mass is 9.74. The van der Waals surface area contributed by atoms with Crippen LogP contribution in [0.15, 0.2) is 0 Å². The lowest BCUT2D eigenvalue weighted by Gasteiger charge is -2.37. The number of halogens is 4. The fourth-order valence-electron chi connectivity index (χ4n) is 2.61. The molecule has 0 aromatic heterocycles. The molecule has 0 heterocycles. The molecule has 0 bridgehead atoms. The molecule has 1 saturated carbocycles. The highest BCUT2D eigenvalue weighted by Gasteiger charge is 2.51. The highest BCUT2D eigenvalue weighted by Crippen LogP contribution is 2.52. The average molecular weight is 322 g/mol. The number of hydrogen-bond donors (Lipinski definition) is 1. The highest BCUT2D eigenvalue weighted by molar-refractivity contribution is 6.67. The minimum Gasteiger partial charge on any atom is -0.389 e. The fourth-order valence-corrected chi connectivity index (χ4v) is 3.57. The second-order valence-electron chi connectivity index (χ2n) is 6.18. The van der Waals surface area contributed by atoms with E-state index in [1.54, 1.807) is 0 Å². The van der Waals surface area contributed by atoms with E-state index in [1.165, 1.54) is 0 Å². The van der Waals surface area contributed by atoms with Crippen molar-refractivity contribution in [2.24, 2.45) is 17.3 Å². The third-order valence-corrected chi connectivity index (χ3v) is 4.81. The quantitative estimate of drug-likeness (QED) is 0.725. The number of hydrogen-bond acceptors (Lipinski definition) is 1. The van der Waals surface area contributed by atoms with E-state index in [2.05, 4.69) is 0 Å². The summed E-state index contributed by atoms with van der Waals surface area (Å²) < 4.78 is -1.27. The zero-order chi connectivity index (χ0) is 13.5. The third-order valence-electron chi connectivity index (χ3n) is 3.95. The van der Waals surface area contributed by atoms with E-state index in [9.17, 15) is 5.11 Å². The first-order valence-electron chi connectivity index (χ1n) is 5.83. The van der Waals surface area contributed by atoms with E-state index in [0.717, 1.165) is 0 Å². The molecular formula is C12H20Cl4O. The first-order chi connectivity index (χ1) is 7.48. The second-order valence-corrected chi connectivity index (χ2v) is 9.01. The van der Waals surface area contributed by atoms with E-state index >= 15 is 0 Å². The van der Waals surface area contributed by atoms with Crippen molar-refractivity contribution in [2.45, 2.75) is 49.4 Å². The van der Waals surface area contributed by atoms with Crippen LogP contribution in [0.5, 0.6) is 0 Å². The molecule has 0 saturated heterocycles.